The fraction of sp³-hybridized carbons (Fsp3) is 0. The Kier molecular flexibility index (Phi) is 3.99. The first-order chi connectivity index (χ1) is 16.3. The van der Waals surface area contributed by atoms with E-state index >= 15 is 0 Å². The maximum atomic E-state index is 6.04. The smallest absolute Gasteiger partial charge is 0.135 e. The minimum atomic E-state index is 0.898. The summed E-state index contributed by atoms with van der Waals surface area (Å²) in [5.74, 6) is 0. The zero-order chi connectivity index (χ0) is 21.9. The molecule has 33 heavy (non-hydrogen) atoms. The van der Waals surface area contributed by atoms with Crippen LogP contribution in [-0.2, 0) is 0 Å². The Labute approximate surface area is 198 Å². The molecule has 0 fully saturated rings. The van der Waals surface area contributed by atoms with Gasteiger partial charge >= 0.3 is 0 Å². The molecule has 7 rings (SSSR count). The molecule has 0 aliphatic rings. The molecule has 4 aromatic carbocycles. The Balaban J connectivity index is 1.48. The highest BCUT2D eigenvalue weighted by Gasteiger charge is 2.15. The van der Waals surface area contributed by atoms with Gasteiger partial charge in [-0.1, -0.05) is 46.3 Å². The van der Waals surface area contributed by atoms with Gasteiger partial charge in [0.15, 0.2) is 0 Å². The molecule has 4 heteroatoms. The number of pyridine rings is 1. The standard InChI is InChI=1S/C29H17BrN2O/c30-20-10-13-28-23(17-20)22-15-19(9-12-27(22)33-28)18-8-11-25-24(16-18)29-26(7-4-14-31-29)32(25)21-5-2-1-3-6-21/h1-17H. The van der Waals surface area contributed by atoms with Crippen LogP contribution in [0.25, 0.3) is 60.7 Å². The Bertz CT molecular complexity index is 1830. The molecular weight excluding hydrogens is 472 g/mol. The predicted octanol–water partition coefficient (Wildman–Crippen LogP) is 8.51. The molecule has 0 aliphatic heterocycles. The molecule has 7 aromatic rings. The van der Waals surface area contributed by atoms with Crippen molar-refractivity contribution < 1.29 is 4.42 Å². The minimum Gasteiger partial charge on any atom is -0.456 e. The lowest BCUT2D eigenvalue weighted by Crippen LogP contribution is -1.93. The molecular formula is C29H17BrN2O. The summed E-state index contributed by atoms with van der Waals surface area (Å²) in [7, 11) is 0. The minimum absolute atomic E-state index is 0.898. The van der Waals surface area contributed by atoms with E-state index in [1.807, 2.05) is 30.5 Å². The first-order valence-corrected chi connectivity index (χ1v) is 11.6. The van der Waals surface area contributed by atoms with Gasteiger partial charge in [-0.2, -0.15) is 0 Å². The van der Waals surface area contributed by atoms with Crippen LogP contribution in [0.15, 0.2) is 112 Å². The van der Waals surface area contributed by atoms with E-state index in [9.17, 15) is 0 Å². The highest BCUT2D eigenvalue weighted by Crippen LogP contribution is 2.37. The van der Waals surface area contributed by atoms with Crippen molar-refractivity contribution in [3.8, 4) is 16.8 Å². The normalized spacial score (nSPS) is 11.8. The van der Waals surface area contributed by atoms with Crippen molar-refractivity contribution in [2.45, 2.75) is 0 Å². The van der Waals surface area contributed by atoms with Crippen LogP contribution in [-0.4, -0.2) is 9.55 Å². The third-order valence-corrected chi connectivity index (χ3v) is 6.79. The van der Waals surface area contributed by atoms with Crippen molar-refractivity contribution in [2.24, 2.45) is 0 Å². The summed E-state index contributed by atoms with van der Waals surface area (Å²) >= 11 is 3.59. The van der Waals surface area contributed by atoms with E-state index in [1.54, 1.807) is 0 Å². The highest BCUT2D eigenvalue weighted by atomic mass is 79.9. The first kappa shape index (κ1) is 18.7. The lowest BCUT2D eigenvalue weighted by molar-refractivity contribution is 0.669. The van der Waals surface area contributed by atoms with E-state index in [0.29, 0.717) is 0 Å². The number of halogens is 1. The van der Waals surface area contributed by atoms with Crippen LogP contribution in [0.3, 0.4) is 0 Å². The van der Waals surface area contributed by atoms with Crippen molar-refractivity contribution in [3.05, 3.63) is 108 Å². The van der Waals surface area contributed by atoms with Crippen LogP contribution in [0.2, 0.25) is 0 Å². The molecule has 0 bridgehead atoms. The largest absolute Gasteiger partial charge is 0.456 e. The lowest BCUT2D eigenvalue weighted by atomic mass is 10.0. The second-order valence-electron chi connectivity index (χ2n) is 8.23. The molecule has 156 valence electrons. The van der Waals surface area contributed by atoms with Gasteiger partial charge in [0.25, 0.3) is 0 Å². The summed E-state index contributed by atoms with van der Waals surface area (Å²) < 4.78 is 9.37. The SMILES string of the molecule is Brc1ccc2oc3ccc(-c4ccc5c(c4)c4ncccc4n5-c4ccccc4)cc3c2c1. The van der Waals surface area contributed by atoms with E-state index in [4.69, 9.17) is 9.40 Å². The van der Waals surface area contributed by atoms with Crippen molar-refractivity contribution >= 4 is 59.8 Å². The van der Waals surface area contributed by atoms with Crippen LogP contribution >= 0.6 is 15.9 Å². The van der Waals surface area contributed by atoms with Gasteiger partial charge in [0.05, 0.1) is 16.6 Å². The summed E-state index contributed by atoms with van der Waals surface area (Å²) in [6.45, 7) is 0. The van der Waals surface area contributed by atoms with Gasteiger partial charge in [0.1, 0.15) is 11.2 Å². The topological polar surface area (TPSA) is 31.0 Å². The van der Waals surface area contributed by atoms with Crippen LogP contribution in [0, 0.1) is 0 Å². The average Bonchev–Trinajstić information content (AvgIpc) is 3.39. The molecule has 0 spiro atoms. The Hall–Kier alpha value is -3.89. The number of rotatable bonds is 2. The molecule has 3 aromatic heterocycles. The van der Waals surface area contributed by atoms with E-state index in [2.05, 4.69) is 93.3 Å². The Morgan fingerprint density at radius 2 is 1.36 bits per heavy atom. The fourth-order valence-corrected chi connectivity index (χ4v) is 5.16. The summed E-state index contributed by atoms with van der Waals surface area (Å²) in [6, 6.07) is 33.8. The maximum Gasteiger partial charge on any atom is 0.135 e. The average molecular weight is 489 g/mol. The van der Waals surface area contributed by atoms with Crippen LogP contribution in [0.4, 0.5) is 0 Å². The molecule has 3 nitrogen and oxygen atoms in total. The predicted molar refractivity (Wildman–Crippen MR) is 139 cm³/mol. The highest BCUT2D eigenvalue weighted by molar-refractivity contribution is 9.10. The van der Waals surface area contributed by atoms with Crippen molar-refractivity contribution in [1.29, 1.82) is 0 Å². The van der Waals surface area contributed by atoms with Crippen molar-refractivity contribution in [3.63, 3.8) is 0 Å². The molecule has 0 N–H and O–H groups in total. The van der Waals surface area contributed by atoms with Gasteiger partial charge in [0.2, 0.25) is 0 Å². The summed E-state index contributed by atoms with van der Waals surface area (Å²) in [4.78, 5) is 4.74. The second kappa shape index (κ2) is 7.06. The second-order valence-corrected chi connectivity index (χ2v) is 9.14. The molecule has 3 heterocycles. The molecule has 0 amide bonds. The molecule has 0 aliphatic carbocycles. The zero-order valence-electron chi connectivity index (χ0n) is 17.5. The summed E-state index contributed by atoms with van der Waals surface area (Å²) in [6.07, 6.45) is 1.87. The van der Waals surface area contributed by atoms with Gasteiger partial charge in [-0.05, 0) is 77.9 Å². The summed E-state index contributed by atoms with van der Waals surface area (Å²) in [5, 5.41) is 3.38. The Morgan fingerprint density at radius 3 is 2.21 bits per heavy atom. The number of benzene rings is 4. The van der Waals surface area contributed by atoms with Gasteiger partial charge in [0, 0.05) is 32.5 Å². The van der Waals surface area contributed by atoms with Crippen LogP contribution < -0.4 is 0 Å². The summed E-state index contributed by atoms with van der Waals surface area (Å²) in [5.41, 5.74) is 8.52. The van der Waals surface area contributed by atoms with Gasteiger partial charge in [-0.25, -0.2) is 0 Å². The Morgan fingerprint density at radius 1 is 0.636 bits per heavy atom. The molecule has 0 saturated heterocycles. The number of hydrogen-bond acceptors (Lipinski definition) is 2. The number of aromatic nitrogens is 2. The van der Waals surface area contributed by atoms with Gasteiger partial charge < -0.3 is 8.98 Å². The quantitative estimate of drug-likeness (QED) is 0.244. The molecule has 0 unspecified atom stereocenters. The molecule has 0 radical (unpaired) electrons. The van der Waals surface area contributed by atoms with Gasteiger partial charge in [-0.3, -0.25) is 4.98 Å². The first-order valence-electron chi connectivity index (χ1n) is 10.8. The number of nitrogens with zero attached hydrogens (tertiary/aromatic N) is 2. The third kappa shape index (κ3) is 2.84. The number of furan rings is 1. The van der Waals surface area contributed by atoms with Crippen molar-refractivity contribution in [2.75, 3.05) is 0 Å². The molecule has 0 saturated carbocycles. The lowest BCUT2D eigenvalue weighted by Gasteiger charge is -2.08. The van der Waals surface area contributed by atoms with Crippen molar-refractivity contribution in [1.82, 2.24) is 9.55 Å². The number of para-hydroxylation sites is 1. The van der Waals surface area contributed by atoms with Gasteiger partial charge in [-0.15, -0.1) is 0 Å². The zero-order valence-corrected chi connectivity index (χ0v) is 19.1. The van der Waals surface area contributed by atoms with Crippen LogP contribution in [0.5, 0.6) is 0 Å². The fourth-order valence-electron chi connectivity index (χ4n) is 4.80. The third-order valence-electron chi connectivity index (χ3n) is 6.30. The van der Waals surface area contributed by atoms with Crippen LogP contribution in [0.1, 0.15) is 0 Å². The molecule has 0 atom stereocenters. The number of fused-ring (bicyclic) bond motifs is 6. The van der Waals surface area contributed by atoms with E-state index in [-0.39, 0.29) is 0 Å². The number of hydrogen-bond donors (Lipinski definition) is 0. The van der Waals surface area contributed by atoms with E-state index < -0.39 is 0 Å². The van der Waals surface area contributed by atoms with E-state index in [0.717, 1.165) is 65.2 Å². The monoisotopic (exact) mass is 488 g/mol. The van der Waals surface area contributed by atoms with E-state index in [1.165, 1.54) is 0 Å². The maximum absolute atomic E-state index is 6.04.